The van der Waals surface area contributed by atoms with Gasteiger partial charge >= 0.3 is 0 Å². The quantitative estimate of drug-likeness (QED) is 0.614. The lowest BCUT2D eigenvalue weighted by Crippen LogP contribution is -2.29. The van der Waals surface area contributed by atoms with Crippen LogP contribution in [0.4, 0.5) is 5.69 Å². The van der Waals surface area contributed by atoms with Gasteiger partial charge in [-0.3, -0.25) is 9.59 Å². The molecule has 1 saturated heterocycles. The third-order valence-electron chi connectivity index (χ3n) is 5.03. The van der Waals surface area contributed by atoms with Gasteiger partial charge in [-0.25, -0.2) is 18.0 Å². The van der Waals surface area contributed by atoms with Gasteiger partial charge in [0, 0.05) is 19.4 Å². The summed E-state index contributed by atoms with van der Waals surface area (Å²) in [5.74, 6) is -0.499. The SMILES string of the molecule is COc1ccc(S(=O)(=O)NCc2ccc3ccccc3c2)cc1N1C(=O)CCC1=O. The summed E-state index contributed by atoms with van der Waals surface area (Å²) in [6.45, 7) is 0.107. The normalized spacial score (nSPS) is 14.5. The highest BCUT2D eigenvalue weighted by Gasteiger charge is 2.33. The zero-order valence-corrected chi connectivity index (χ0v) is 17.1. The predicted octanol–water partition coefficient (Wildman–Crippen LogP) is 2.98. The second kappa shape index (κ2) is 7.89. The summed E-state index contributed by atoms with van der Waals surface area (Å²) in [5, 5.41) is 2.09. The number of hydrogen-bond donors (Lipinski definition) is 1. The van der Waals surface area contributed by atoms with Crippen molar-refractivity contribution in [1.82, 2.24) is 4.72 Å². The minimum Gasteiger partial charge on any atom is -0.495 e. The van der Waals surface area contributed by atoms with Crippen LogP contribution >= 0.6 is 0 Å². The van der Waals surface area contributed by atoms with Crippen LogP contribution in [0, 0.1) is 0 Å². The Labute approximate surface area is 174 Å². The fourth-order valence-corrected chi connectivity index (χ4v) is 4.50. The molecule has 0 aliphatic carbocycles. The van der Waals surface area contributed by atoms with Crippen molar-refractivity contribution in [1.29, 1.82) is 0 Å². The van der Waals surface area contributed by atoms with E-state index >= 15 is 0 Å². The fraction of sp³-hybridized carbons (Fsp3) is 0.182. The number of nitrogens with zero attached hydrogens (tertiary/aromatic N) is 1. The molecule has 0 spiro atoms. The Morgan fingerprint density at radius 1 is 0.933 bits per heavy atom. The maximum atomic E-state index is 12.9. The van der Waals surface area contributed by atoms with Gasteiger partial charge in [-0.15, -0.1) is 0 Å². The number of ether oxygens (including phenoxy) is 1. The number of benzene rings is 3. The second-order valence-electron chi connectivity index (χ2n) is 6.96. The number of nitrogens with one attached hydrogen (secondary N) is 1. The molecule has 30 heavy (non-hydrogen) atoms. The number of imide groups is 1. The summed E-state index contributed by atoms with van der Waals surface area (Å²) < 4.78 is 33.5. The molecule has 0 atom stereocenters. The molecule has 1 aliphatic heterocycles. The lowest BCUT2D eigenvalue weighted by atomic mass is 10.1. The molecular formula is C22H20N2O5S. The van der Waals surface area contributed by atoms with Crippen molar-refractivity contribution >= 4 is 38.3 Å². The summed E-state index contributed by atoms with van der Waals surface area (Å²) in [5.41, 5.74) is 0.953. The van der Waals surface area contributed by atoms with Crippen molar-refractivity contribution in [3.63, 3.8) is 0 Å². The highest BCUT2D eigenvalue weighted by atomic mass is 32.2. The molecule has 154 valence electrons. The molecule has 7 nitrogen and oxygen atoms in total. The van der Waals surface area contributed by atoms with Gasteiger partial charge in [-0.1, -0.05) is 36.4 Å². The van der Waals surface area contributed by atoms with Crippen LogP contribution in [-0.2, 0) is 26.2 Å². The summed E-state index contributed by atoms with van der Waals surface area (Å²) in [7, 11) is -2.48. The van der Waals surface area contributed by atoms with E-state index in [0.717, 1.165) is 21.2 Å². The van der Waals surface area contributed by atoms with Crippen molar-refractivity contribution in [2.24, 2.45) is 0 Å². The topological polar surface area (TPSA) is 92.8 Å². The van der Waals surface area contributed by atoms with E-state index in [1.54, 1.807) is 0 Å². The fourth-order valence-electron chi connectivity index (χ4n) is 3.47. The Morgan fingerprint density at radius 3 is 2.33 bits per heavy atom. The number of methoxy groups -OCH3 is 1. The van der Waals surface area contributed by atoms with Gasteiger partial charge in [0.2, 0.25) is 21.8 Å². The van der Waals surface area contributed by atoms with Crippen LogP contribution in [0.3, 0.4) is 0 Å². The van der Waals surface area contributed by atoms with Crippen LogP contribution < -0.4 is 14.4 Å². The highest BCUT2D eigenvalue weighted by Crippen LogP contribution is 2.34. The molecule has 0 saturated carbocycles. The smallest absolute Gasteiger partial charge is 0.240 e. The maximum absolute atomic E-state index is 12.9. The zero-order chi connectivity index (χ0) is 21.3. The third-order valence-corrected chi connectivity index (χ3v) is 6.43. The van der Waals surface area contributed by atoms with Gasteiger partial charge in [0.25, 0.3) is 0 Å². The van der Waals surface area contributed by atoms with Crippen molar-refractivity contribution in [3.8, 4) is 5.75 Å². The van der Waals surface area contributed by atoms with Crippen LogP contribution in [0.2, 0.25) is 0 Å². The van der Waals surface area contributed by atoms with Gasteiger partial charge in [0.05, 0.1) is 17.7 Å². The van der Waals surface area contributed by atoms with E-state index in [0.29, 0.717) is 0 Å². The predicted molar refractivity (Wildman–Crippen MR) is 113 cm³/mol. The van der Waals surface area contributed by atoms with Crippen LogP contribution in [0.25, 0.3) is 10.8 Å². The average Bonchev–Trinajstić information content (AvgIpc) is 3.09. The molecule has 1 fully saturated rings. The summed E-state index contributed by atoms with van der Waals surface area (Å²) >= 11 is 0. The number of hydrogen-bond acceptors (Lipinski definition) is 5. The minimum absolute atomic E-state index is 0.0495. The first kappa shape index (κ1) is 20.1. The van der Waals surface area contributed by atoms with E-state index in [9.17, 15) is 18.0 Å². The zero-order valence-electron chi connectivity index (χ0n) is 16.3. The standard InChI is InChI=1S/C22H20N2O5S/c1-29-20-9-8-18(13-19(20)24-21(25)10-11-22(24)26)30(27,28)23-14-15-6-7-16-4-2-3-5-17(16)12-15/h2-9,12-13,23H,10-11,14H2,1H3. The lowest BCUT2D eigenvalue weighted by molar-refractivity contribution is -0.121. The summed E-state index contributed by atoms with van der Waals surface area (Å²) in [4.78, 5) is 25.2. The number of sulfonamides is 1. The van der Waals surface area contributed by atoms with Crippen LogP contribution in [0.5, 0.6) is 5.75 Å². The number of carbonyl (C=O) groups excluding carboxylic acids is 2. The highest BCUT2D eigenvalue weighted by molar-refractivity contribution is 7.89. The maximum Gasteiger partial charge on any atom is 0.240 e. The molecule has 3 aromatic carbocycles. The van der Waals surface area contributed by atoms with E-state index in [-0.39, 0.29) is 47.5 Å². The van der Waals surface area contributed by atoms with Crippen LogP contribution in [0.1, 0.15) is 18.4 Å². The molecule has 1 N–H and O–H groups in total. The lowest BCUT2D eigenvalue weighted by Gasteiger charge is -2.18. The largest absolute Gasteiger partial charge is 0.495 e. The van der Waals surface area contributed by atoms with E-state index in [1.165, 1.54) is 25.3 Å². The van der Waals surface area contributed by atoms with Gasteiger partial charge in [-0.05, 0) is 40.6 Å². The van der Waals surface area contributed by atoms with Gasteiger partial charge < -0.3 is 4.74 Å². The second-order valence-corrected chi connectivity index (χ2v) is 8.73. The Bertz CT molecular complexity index is 1240. The molecule has 8 heteroatoms. The molecule has 0 radical (unpaired) electrons. The van der Waals surface area contributed by atoms with Crippen LogP contribution in [0.15, 0.2) is 65.6 Å². The van der Waals surface area contributed by atoms with Gasteiger partial charge in [-0.2, -0.15) is 0 Å². The summed E-state index contributed by atoms with van der Waals surface area (Å²) in [6.07, 6.45) is 0.193. The Hall–Kier alpha value is -3.23. The first-order valence-electron chi connectivity index (χ1n) is 9.40. The van der Waals surface area contributed by atoms with Crippen LogP contribution in [-0.4, -0.2) is 27.3 Å². The molecule has 0 aromatic heterocycles. The van der Waals surface area contributed by atoms with E-state index in [1.807, 2.05) is 42.5 Å². The van der Waals surface area contributed by atoms with E-state index < -0.39 is 10.0 Å². The van der Waals surface area contributed by atoms with E-state index in [2.05, 4.69) is 4.72 Å². The molecule has 0 unspecified atom stereocenters. The van der Waals surface area contributed by atoms with Gasteiger partial charge in [0.15, 0.2) is 0 Å². The first-order valence-corrected chi connectivity index (χ1v) is 10.9. The number of fused-ring (bicyclic) bond motifs is 1. The minimum atomic E-state index is -3.88. The molecule has 4 rings (SSSR count). The van der Waals surface area contributed by atoms with E-state index in [4.69, 9.17) is 4.74 Å². The first-order chi connectivity index (χ1) is 14.4. The molecule has 1 heterocycles. The summed E-state index contributed by atoms with van der Waals surface area (Å²) in [6, 6.07) is 17.7. The monoisotopic (exact) mass is 424 g/mol. The molecule has 3 aromatic rings. The van der Waals surface area contributed by atoms with Gasteiger partial charge in [0.1, 0.15) is 5.75 Å². The van der Waals surface area contributed by atoms with Crippen molar-refractivity contribution < 1.29 is 22.7 Å². The average molecular weight is 424 g/mol. The third kappa shape index (κ3) is 3.79. The number of anilines is 1. The molecule has 0 bridgehead atoms. The number of rotatable bonds is 6. The Morgan fingerprint density at radius 2 is 1.63 bits per heavy atom. The van der Waals surface area contributed by atoms with Crippen molar-refractivity contribution in [2.45, 2.75) is 24.3 Å². The molecular weight excluding hydrogens is 404 g/mol. The Balaban J connectivity index is 1.61. The number of amides is 2. The molecule has 2 amide bonds. The Kier molecular flexibility index (Phi) is 5.27. The molecule has 1 aliphatic rings. The van der Waals surface area contributed by atoms with Crippen molar-refractivity contribution in [2.75, 3.05) is 12.0 Å². The number of carbonyl (C=O) groups is 2. The van der Waals surface area contributed by atoms with Crippen molar-refractivity contribution in [3.05, 3.63) is 66.2 Å².